The monoisotopic (exact) mass is 400 g/mol. The molecular weight excluding hydrogens is 380 g/mol. The minimum atomic E-state index is 0.133. The Hall–Kier alpha value is -4.13. The van der Waals surface area contributed by atoms with Gasteiger partial charge in [-0.1, -0.05) is 30.3 Å². The lowest BCUT2D eigenvalue weighted by Crippen LogP contribution is -2.08. The number of benzene rings is 3. The van der Waals surface area contributed by atoms with Crippen LogP contribution < -0.4 is 5.32 Å². The first-order valence-corrected chi connectivity index (χ1v) is 9.39. The number of nitrogens with zero attached hydrogens (tertiary/aromatic N) is 3. The third kappa shape index (κ3) is 5.02. The summed E-state index contributed by atoms with van der Waals surface area (Å²) < 4.78 is 0. The van der Waals surface area contributed by atoms with Crippen molar-refractivity contribution in [3.63, 3.8) is 0 Å². The van der Waals surface area contributed by atoms with E-state index < -0.39 is 0 Å². The summed E-state index contributed by atoms with van der Waals surface area (Å²) in [5.41, 5.74) is 2.38. The summed E-state index contributed by atoms with van der Waals surface area (Å²) in [5, 5.41) is 32.3. The van der Waals surface area contributed by atoms with Gasteiger partial charge in [0.1, 0.15) is 28.9 Å². The maximum absolute atomic E-state index is 9.73. The summed E-state index contributed by atoms with van der Waals surface area (Å²) in [6, 6.07) is 20.6. The largest absolute Gasteiger partial charge is 0.508 e. The van der Waals surface area contributed by atoms with Gasteiger partial charge in [0.05, 0.1) is 0 Å². The summed E-state index contributed by atoms with van der Waals surface area (Å²) in [5.74, 6) is 1.91. The quantitative estimate of drug-likeness (QED) is 0.388. The third-order valence-corrected chi connectivity index (χ3v) is 4.38. The highest BCUT2D eigenvalue weighted by Gasteiger charge is 2.10. The molecule has 0 saturated carbocycles. The lowest BCUT2D eigenvalue weighted by Gasteiger charge is -2.10. The molecule has 0 amide bonds. The van der Waals surface area contributed by atoms with Gasteiger partial charge < -0.3 is 20.6 Å². The standard InChI is InChI=1S/C23H20N4O3/c28-18-7-1-4-15(10-18)12-21-25-22(13-16-5-2-8-19(29)11-16)27-23(26-21)24-17-6-3-9-20(30)14-17/h1-11,14,28-30H,12-13H2,(H,24,25,26,27). The highest BCUT2D eigenvalue weighted by atomic mass is 16.3. The average molecular weight is 400 g/mol. The lowest BCUT2D eigenvalue weighted by atomic mass is 10.1. The molecule has 4 N–H and O–H groups in total. The Bertz CT molecular complexity index is 1020. The predicted octanol–water partition coefficient (Wildman–Crippen LogP) is 3.91. The van der Waals surface area contributed by atoms with Gasteiger partial charge in [0, 0.05) is 24.6 Å². The van der Waals surface area contributed by atoms with Crippen LogP contribution in [0.25, 0.3) is 0 Å². The van der Waals surface area contributed by atoms with Crippen molar-refractivity contribution in [3.8, 4) is 17.2 Å². The van der Waals surface area contributed by atoms with Gasteiger partial charge in [-0.15, -0.1) is 0 Å². The number of rotatable bonds is 6. The van der Waals surface area contributed by atoms with Crippen LogP contribution in [0.15, 0.2) is 72.8 Å². The van der Waals surface area contributed by atoms with E-state index in [1.165, 1.54) is 0 Å². The molecule has 0 aliphatic carbocycles. The number of aromatic nitrogens is 3. The van der Waals surface area contributed by atoms with Crippen molar-refractivity contribution >= 4 is 11.6 Å². The molecule has 4 aromatic rings. The molecule has 0 unspecified atom stereocenters. The summed E-state index contributed by atoms with van der Waals surface area (Å²) in [6.45, 7) is 0. The molecule has 7 heteroatoms. The van der Waals surface area contributed by atoms with Gasteiger partial charge in [-0.05, 0) is 47.5 Å². The third-order valence-electron chi connectivity index (χ3n) is 4.38. The van der Waals surface area contributed by atoms with E-state index in [1.807, 2.05) is 12.1 Å². The minimum absolute atomic E-state index is 0.133. The molecule has 0 aliphatic rings. The van der Waals surface area contributed by atoms with Crippen LogP contribution >= 0.6 is 0 Å². The fourth-order valence-corrected chi connectivity index (χ4v) is 3.09. The molecule has 0 spiro atoms. The maximum Gasteiger partial charge on any atom is 0.230 e. The van der Waals surface area contributed by atoms with Crippen molar-refractivity contribution in [3.05, 3.63) is 95.6 Å². The first-order chi connectivity index (χ1) is 14.5. The van der Waals surface area contributed by atoms with Crippen LogP contribution in [-0.4, -0.2) is 30.3 Å². The van der Waals surface area contributed by atoms with E-state index in [4.69, 9.17) is 0 Å². The summed E-state index contributed by atoms with van der Waals surface area (Å²) in [6.07, 6.45) is 0.831. The average Bonchev–Trinajstić information content (AvgIpc) is 2.68. The van der Waals surface area contributed by atoms with Crippen LogP contribution in [-0.2, 0) is 12.8 Å². The Balaban J connectivity index is 1.67. The second kappa shape index (κ2) is 8.48. The topological polar surface area (TPSA) is 111 Å². The van der Waals surface area contributed by atoms with Crippen LogP contribution in [0.1, 0.15) is 22.8 Å². The van der Waals surface area contributed by atoms with Gasteiger partial charge in [-0.3, -0.25) is 0 Å². The molecule has 0 saturated heterocycles. The fraction of sp³-hybridized carbons (Fsp3) is 0.0870. The Morgan fingerprint density at radius 2 is 1.10 bits per heavy atom. The van der Waals surface area contributed by atoms with Gasteiger partial charge in [0.2, 0.25) is 5.95 Å². The normalized spacial score (nSPS) is 10.7. The highest BCUT2D eigenvalue weighted by Crippen LogP contribution is 2.21. The van der Waals surface area contributed by atoms with Crippen LogP contribution in [0.5, 0.6) is 17.2 Å². The van der Waals surface area contributed by atoms with E-state index in [1.54, 1.807) is 60.7 Å². The fourth-order valence-electron chi connectivity index (χ4n) is 3.09. The number of phenols is 3. The Kier molecular flexibility index (Phi) is 5.43. The molecule has 1 heterocycles. The molecular formula is C23H20N4O3. The second-order valence-electron chi connectivity index (χ2n) is 6.86. The lowest BCUT2D eigenvalue weighted by molar-refractivity contribution is 0.474. The van der Waals surface area contributed by atoms with Crippen molar-refractivity contribution in [2.75, 3.05) is 5.32 Å². The number of nitrogens with one attached hydrogen (secondary N) is 1. The Morgan fingerprint density at radius 3 is 1.60 bits per heavy atom. The van der Waals surface area contributed by atoms with Gasteiger partial charge >= 0.3 is 0 Å². The van der Waals surface area contributed by atoms with Crippen molar-refractivity contribution in [1.29, 1.82) is 0 Å². The van der Waals surface area contributed by atoms with E-state index in [2.05, 4.69) is 20.3 Å². The van der Waals surface area contributed by atoms with Gasteiger partial charge in [-0.25, -0.2) is 4.98 Å². The van der Waals surface area contributed by atoms with Crippen molar-refractivity contribution < 1.29 is 15.3 Å². The molecule has 0 aliphatic heterocycles. The number of phenolic OH excluding ortho intramolecular Hbond substituents is 3. The number of aromatic hydroxyl groups is 3. The number of hydrogen-bond acceptors (Lipinski definition) is 7. The van der Waals surface area contributed by atoms with E-state index in [-0.39, 0.29) is 17.2 Å². The predicted molar refractivity (Wildman–Crippen MR) is 113 cm³/mol. The number of anilines is 2. The molecule has 0 bridgehead atoms. The van der Waals surface area contributed by atoms with Crippen LogP contribution in [0.2, 0.25) is 0 Å². The van der Waals surface area contributed by atoms with Gasteiger partial charge in [-0.2, -0.15) is 9.97 Å². The van der Waals surface area contributed by atoms with E-state index in [9.17, 15) is 15.3 Å². The van der Waals surface area contributed by atoms with E-state index in [0.29, 0.717) is 36.1 Å². The van der Waals surface area contributed by atoms with Crippen molar-refractivity contribution in [2.45, 2.75) is 12.8 Å². The van der Waals surface area contributed by atoms with Gasteiger partial charge in [0.25, 0.3) is 0 Å². The SMILES string of the molecule is Oc1cccc(Cc2nc(Cc3cccc(O)c3)nc(Nc3cccc(O)c3)n2)c1. The molecule has 150 valence electrons. The highest BCUT2D eigenvalue weighted by molar-refractivity contribution is 5.55. The molecule has 4 rings (SSSR count). The maximum atomic E-state index is 9.73. The molecule has 0 atom stereocenters. The van der Waals surface area contributed by atoms with Gasteiger partial charge in [0.15, 0.2) is 0 Å². The Morgan fingerprint density at radius 1 is 0.600 bits per heavy atom. The zero-order valence-corrected chi connectivity index (χ0v) is 16.0. The summed E-state index contributed by atoms with van der Waals surface area (Å²) in [7, 11) is 0. The second-order valence-corrected chi connectivity index (χ2v) is 6.86. The smallest absolute Gasteiger partial charge is 0.230 e. The van der Waals surface area contributed by atoms with E-state index >= 15 is 0 Å². The summed E-state index contributed by atoms with van der Waals surface area (Å²) >= 11 is 0. The Labute approximate surface area is 173 Å². The zero-order valence-electron chi connectivity index (χ0n) is 16.0. The van der Waals surface area contributed by atoms with Crippen LogP contribution in [0.4, 0.5) is 11.6 Å². The van der Waals surface area contributed by atoms with E-state index in [0.717, 1.165) is 11.1 Å². The first kappa shape index (κ1) is 19.2. The molecule has 30 heavy (non-hydrogen) atoms. The van der Waals surface area contributed by atoms with Crippen LogP contribution in [0.3, 0.4) is 0 Å². The molecule has 0 fully saturated rings. The van der Waals surface area contributed by atoms with Crippen LogP contribution in [0, 0.1) is 0 Å². The molecule has 7 nitrogen and oxygen atoms in total. The minimum Gasteiger partial charge on any atom is -0.508 e. The first-order valence-electron chi connectivity index (χ1n) is 9.39. The van der Waals surface area contributed by atoms with Crippen molar-refractivity contribution in [1.82, 2.24) is 15.0 Å². The molecule has 3 aromatic carbocycles. The molecule has 0 radical (unpaired) electrons. The number of hydrogen-bond donors (Lipinski definition) is 4. The summed E-state index contributed by atoms with van der Waals surface area (Å²) in [4.78, 5) is 13.6. The zero-order chi connectivity index (χ0) is 20.9. The van der Waals surface area contributed by atoms with Crippen molar-refractivity contribution in [2.24, 2.45) is 0 Å². The molecule has 1 aromatic heterocycles.